The summed E-state index contributed by atoms with van der Waals surface area (Å²) >= 11 is 0. The molecule has 18 heavy (non-hydrogen) atoms. The van der Waals surface area contributed by atoms with Crippen molar-refractivity contribution in [3.05, 3.63) is 5.69 Å². The van der Waals surface area contributed by atoms with Crippen LogP contribution in [0.3, 0.4) is 0 Å². The Morgan fingerprint density at radius 2 is 2.22 bits per heavy atom. The van der Waals surface area contributed by atoms with E-state index in [4.69, 9.17) is 5.73 Å². The first-order valence-corrected chi connectivity index (χ1v) is 6.49. The standard InChI is InChI=1S/C12H16N6/c1-6-2-3-7-4-8-9-10(17-16-8)14-12(13)15-11(9)18(7)5-6/h6-7H,2-5H2,1H3,(H3,13,14,15,16,17). The number of hydrogen-bond donors (Lipinski definition) is 2. The molecule has 0 bridgehead atoms. The highest BCUT2D eigenvalue weighted by atomic mass is 15.3. The number of H-pyrrole nitrogens is 1. The molecule has 0 spiro atoms. The van der Waals surface area contributed by atoms with Crippen LogP contribution in [-0.2, 0) is 6.42 Å². The van der Waals surface area contributed by atoms with Gasteiger partial charge in [-0.15, -0.1) is 0 Å². The zero-order valence-electron chi connectivity index (χ0n) is 10.3. The van der Waals surface area contributed by atoms with Crippen molar-refractivity contribution in [1.29, 1.82) is 0 Å². The van der Waals surface area contributed by atoms with Crippen LogP contribution < -0.4 is 10.6 Å². The van der Waals surface area contributed by atoms with Crippen LogP contribution in [0.2, 0.25) is 0 Å². The van der Waals surface area contributed by atoms with Crippen LogP contribution in [0, 0.1) is 5.92 Å². The van der Waals surface area contributed by atoms with Gasteiger partial charge in [-0.05, 0) is 18.8 Å². The lowest BCUT2D eigenvalue weighted by atomic mass is 9.89. The molecule has 0 radical (unpaired) electrons. The van der Waals surface area contributed by atoms with Crippen molar-refractivity contribution in [3.8, 4) is 0 Å². The van der Waals surface area contributed by atoms with Crippen LogP contribution in [0.4, 0.5) is 11.8 Å². The molecule has 94 valence electrons. The molecular formula is C12H16N6. The number of hydrogen-bond acceptors (Lipinski definition) is 5. The van der Waals surface area contributed by atoms with E-state index in [9.17, 15) is 0 Å². The summed E-state index contributed by atoms with van der Waals surface area (Å²) in [5, 5.41) is 8.40. The summed E-state index contributed by atoms with van der Waals surface area (Å²) in [4.78, 5) is 11.0. The van der Waals surface area contributed by atoms with Crippen LogP contribution in [0.5, 0.6) is 0 Å². The Balaban J connectivity index is 1.95. The maximum atomic E-state index is 5.79. The Hall–Kier alpha value is -1.85. The highest BCUT2D eigenvalue weighted by molar-refractivity contribution is 5.92. The van der Waals surface area contributed by atoms with E-state index in [-0.39, 0.29) is 0 Å². The van der Waals surface area contributed by atoms with Gasteiger partial charge in [0.25, 0.3) is 0 Å². The predicted molar refractivity (Wildman–Crippen MR) is 69.3 cm³/mol. The van der Waals surface area contributed by atoms with Crippen molar-refractivity contribution >= 4 is 22.8 Å². The van der Waals surface area contributed by atoms with Crippen LogP contribution in [-0.4, -0.2) is 32.8 Å². The van der Waals surface area contributed by atoms with Crippen molar-refractivity contribution in [3.63, 3.8) is 0 Å². The molecule has 0 amide bonds. The van der Waals surface area contributed by atoms with Gasteiger partial charge in [0, 0.05) is 19.0 Å². The molecule has 2 aromatic heterocycles. The van der Waals surface area contributed by atoms with Crippen LogP contribution in [0.25, 0.3) is 11.0 Å². The fraction of sp³-hybridized carbons (Fsp3) is 0.583. The number of piperidine rings is 1. The first kappa shape index (κ1) is 10.1. The Morgan fingerprint density at radius 3 is 3.11 bits per heavy atom. The Morgan fingerprint density at radius 1 is 1.33 bits per heavy atom. The first-order valence-electron chi connectivity index (χ1n) is 6.49. The minimum atomic E-state index is 0.314. The lowest BCUT2D eigenvalue weighted by molar-refractivity contribution is 0.368. The smallest absolute Gasteiger partial charge is 0.224 e. The zero-order valence-corrected chi connectivity index (χ0v) is 10.3. The number of nitrogens with two attached hydrogens (primary N) is 1. The van der Waals surface area contributed by atoms with E-state index >= 15 is 0 Å². The van der Waals surface area contributed by atoms with Crippen molar-refractivity contribution in [2.75, 3.05) is 17.2 Å². The molecule has 2 unspecified atom stereocenters. The second-order valence-corrected chi connectivity index (χ2v) is 5.50. The van der Waals surface area contributed by atoms with Gasteiger partial charge < -0.3 is 10.6 Å². The number of fused-ring (bicyclic) bond motifs is 2. The van der Waals surface area contributed by atoms with Crippen molar-refractivity contribution < 1.29 is 0 Å². The molecule has 1 saturated heterocycles. The van der Waals surface area contributed by atoms with Gasteiger partial charge in [-0.3, -0.25) is 5.10 Å². The molecule has 3 N–H and O–H groups in total. The van der Waals surface area contributed by atoms with E-state index in [0.29, 0.717) is 23.6 Å². The molecule has 6 heteroatoms. The van der Waals surface area contributed by atoms with Gasteiger partial charge in [-0.2, -0.15) is 15.1 Å². The van der Waals surface area contributed by atoms with Gasteiger partial charge in [0.05, 0.1) is 11.1 Å². The molecular weight excluding hydrogens is 228 g/mol. The number of rotatable bonds is 0. The third-order valence-corrected chi connectivity index (χ3v) is 4.14. The van der Waals surface area contributed by atoms with Crippen LogP contribution in [0.1, 0.15) is 25.5 Å². The van der Waals surface area contributed by atoms with Crippen molar-refractivity contribution in [2.45, 2.75) is 32.2 Å². The molecule has 4 heterocycles. The third-order valence-electron chi connectivity index (χ3n) is 4.14. The normalized spacial score (nSPS) is 26.4. The van der Waals surface area contributed by atoms with Crippen molar-refractivity contribution in [1.82, 2.24) is 20.2 Å². The summed E-state index contributed by atoms with van der Waals surface area (Å²) in [7, 11) is 0. The number of nitrogens with zero attached hydrogens (tertiary/aromatic N) is 4. The average molecular weight is 244 g/mol. The highest BCUT2D eigenvalue weighted by Gasteiger charge is 2.34. The SMILES string of the molecule is CC1CCC2Cc3[nH]nc4nc(N)nc(c34)N2C1. The van der Waals surface area contributed by atoms with Gasteiger partial charge in [0.15, 0.2) is 5.65 Å². The van der Waals surface area contributed by atoms with Gasteiger partial charge in [0.1, 0.15) is 5.82 Å². The first-order chi connectivity index (χ1) is 8.72. The summed E-state index contributed by atoms with van der Waals surface area (Å²) in [6.45, 7) is 3.35. The Bertz CT molecular complexity index is 618. The van der Waals surface area contributed by atoms with E-state index in [1.54, 1.807) is 0 Å². The molecule has 2 aromatic rings. The van der Waals surface area contributed by atoms with Gasteiger partial charge in [-0.25, -0.2) is 0 Å². The minimum absolute atomic E-state index is 0.314. The number of anilines is 2. The summed E-state index contributed by atoms with van der Waals surface area (Å²) in [6.07, 6.45) is 3.52. The largest absolute Gasteiger partial charge is 0.368 e. The maximum Gasteiger partial charge on any atom is 0.224 e. The summed E-state index contributed by atoms with van der Waals surface area (Å²) < 4.78 is 0. The number of aromatic nitrogens is 4. The lowest BCUT2D eigenvalue weighted by Gasteiger charge is -2.41. The Labute approximate surface area is 105 Å². The molecule has 0 saturated carbocycles. The number of nitrogens with one attached hydrogen (secondary N) is 1. The van der Waals surface area contributed by atoms with E-state index in [1.807, 2.05) is 0 Å². The average Bonchev–Trinajstić information content (AvgIpc) is 2.74. The van der Waals surface area contributed by atoms with Gasteiger partial charge >= 0.3 is 0 Å². The Kier molecular flexibility index (Phi) is 1.87. The predicted octanol–water partition coefficient (Wildman–Crippen LogP) is 1.10. The molecule has 4 rings (SSSR count). The zero-order chi connectivity index (χ0) is 12.3. The van der Waals surface area contributed by atoms with E-state index < -0.39 is 0 Å². The molecule has 0 aliphatic carbocycles. The summed E-state index contributed by atoms with van der Waals surface area (Å²) in [5.74, 6) is 2.00. The summed E-state index contributed by atoms with van der Waals surface area (Å²) in [6, 6.07) is 0.534. The molecule has 0 aromatic carbocycles. The summed E-state index contributed by atoms with van der Waals surface area (Å²) in [5.41, 5.74) is 7.65. The topological polar surface area (TPSA) is 83.7 Å². The second kappa shape index (κ2) is 3.34. The highest BCUT2D eigenvalue weighted by Crippen LogP contribution is 2.38. The maximum absolute atomic E-state index is 5.79. The second-order valence-electron chi connectivity index (χ2n) is 5.50. The van der Waals surface area contributed by atoms with E-state index in [0.717, 1.165) is 29.9 Å². The fourth-order valence-corrected chi connectivity index (χ4v) is 3.25. The molecule has 1 fully saturated rings. The van der Waals surface area contributed by atoms with Gasteiger partial charge in [0.2, 0.25) is 5.95 Å². The molecule has 2 aliphatic rings. The molecule has 2 aliphatic heterocycles. The number of nitrogen functional groups attached to an aromatic ring is 1. The van der Waals surface area contributed by atoms with E-state index in [1.165, 1.54) is 12.8 Å². The van der Waals surface area contributed by atoms with Crippen LogP contribution >= 0.6 is 0 Å². The minimum Gasteiger partial charge on any atom is -0.368 e. The van der Waals surface area contributed by atoms with Gasteiger partial charge in [-0.1, -0.05) is 6.92 Å². The third kappa shape index (κ3) is 1.26. The van der Waals surface area contributed by atoms with Crippen molar-refractivity contribution in [2.24, 2.45) is 5.92 Å². The van der Waals surface area contributed by atoms with E-state index in [2.05, 4.69) is 32.0 Å². The lowest BCUT2D eigenvalue weighted by Crippen LogP contribution is -2.46. The molecule has 6 nitrogen and oxygen atoms in total. The number of aromatic amines is 1. The quantitative estimate of drug-likeness (QED) is 0.725. The van der Waals surface area contributed by atoms with Crippen LogP contribution in [0.15, 0.2) is 0 Å². The monoisotopic (exact) mass is 244 g/mol. The molecule has 2 atom stereocenters. The fourth-order valence-electron chi connectivity index (χ4n) is 3.25.